The first-order valence-corrected chi connectivity index (χ1v) is 12.7. The van der Waals surface area contributed by atoms with Gasteiger partial charge in [0.05, 0.1) is 18.6 Å². The SMILES string of the molecule is Cc1ccc(OCC(O)CNCCCOc2ccc(NS(C)(=O)=O)cc2)c2c1NC(=O)CC2.Cl. The van der Waals surface area contributed by atoms with Gasteiger partial charge in [-0.25, -0.2) is 8.42 Å². The van der Waals surface area contributed by atoms with E-state index in [-0.39, 0.29) is 24.9 Å². The summed E-state index contributed by atoms with van der Waals surface area (Å²) in [7, 11) is -3.30. The Hall–Kier alpha value is -2.53. The second kappa shape index (κ2) is 12.8. The number of aliphatic hydroxyl groups excluding tert-OH is 1. The zero-order chi connectivity index (χ0) is 23.8. The monoisotopic (exact) mass is 513 g/mol. The lowest BCUT2D eigenvalue weighted by molar-refractivity contribution is -0.116. The number of rotatable bonds is 12. The van der Waals surface area contributed by atoms with Gasteiger partial charge in [0.15, 0.2) is 0 Å². The molecule has 1 unspecified atom stereocenters. The predicted octanol–water partition coefficient (Wildman–Crippen LogP) is 2.47. The number of carbonyl (C=O) groups is 1. The number of hydrogen-bond acceptors (Lipinski definition) is 7. The number of ether oxygens (including phenoxy) is 2. The number of fused-ring (bicyclic) bond motifs is 1. The molecule has 1 atom stereocenters. The van der Waals surface area contributed by atoms with Gasteiger partial charge in [-0.1, -0.05) is 6.07 Å². The maximum atomic E-state index is 11.7. The highest BCUT2D eigenvalue weighted by Gasteiger charge is 2.20. The van der Waals surface area contributed by atoms with Crippen molar-refractivity contribution in [2.24, 2.45) is 0 Å². The molecule has 188 valence electrons. The van der Waals surface area contributed by atoms with Crippen LogP contribution < -0.4 is 24.8 Å². The smallest absolute Gasteiger partial charge is 0.229 e. The zero-order valence-corrected chi connectivity index (χ0v) is 20.9. The first-order valence-electron chi connectivity index (χ1n) is 10.9. The molecule has 2 aromatic carbocycles. The van der Waals surface area contributed by atoms with E-state index in [4.69, 9.17) is 9.47 Å². The van der Waals surface area contributed by atoms with E-state index in [0.29, 0.717) is 49.7 Å². The maximum absolute atomic E-state index is 11.7. The molecular weight excluding hydrogens is 482 g/mol. The number of hydrogen-bond donors (Lipinski definition) is 4. The third-order valence-corrected chi connectivity index (χ3v) is 5.69. The van der Waals surface area contributed by atoms with E-state index in [1.165, 1.54) is 0 Å². The second-order valence-corrected chi connectivity index (χ2v) is 9.80. The van der Waals surface area contributed by atoms with Gasteiger partial charge in [0.25, 0.3) is 0 Å². The minimum absolute atomic E-state index is 0. The summed E-state index contributed by atoms with van der Waals surface area (Å²) in [4.78, 5) is 11.7. The Labute approximate surface area is 206 Å². The van der Waals surface area contributed by atoms with Crippen LogP contribution in [0.4, 0.5) is 11.4 Å². The molecule has 11 heteroatoms. The van der Waals surface area contributed by atoms with E-state index in [0.717, 1.165) is 29.5 Å². The first-order chi connectivity index (χ1) is 15.7. The number of aryl methyl sites for hydroxylation is 1. The van der Waals surface area contributed by atoms with Crippen molar-refractivity contribution in [1.29, 1.82) is 0 Å². The Morgan fingerprint density at radius 2 is 1.85 bits per heavy atom. The topological polar surface area (TPSA) is 126 Å². The van der Waals surface area contributed by atoms with Crippen LogP contribution in [0, 0.1) is 6.92 Å². The van der Waals surface area contributed by atoms with Gasteiger partial charge in [0, 0.05) is 24.2 Å². The normalized spacial score (nSPS) is 13.8. The third-order valence-electron chi connectivity index (χ3n) is 5.08. The molecule has 34 heavy (non-hydrogen) atoms. The summed E-state index contributed by atoms with van der Waals surface area (Å²) in [5.41, 5.74) is 3.28. The molecule has 0 aromatic heterocycles. The van der Waals surface area contributed by atoms with Crippen molar-refractivity contribution in [2.45, 2.75) is 32.3 Å². The molecule has 9 nitrogen and oxygen atoms in total. The molecule has 4 N–H and O–H groups in total. The Morgan fingerprint density at radius 3 is 2.56 bits per heavy atom. The fourth-order valence-corrected chi connectivity index (χ4v) is 4.04. The van der Waals surface area contributed by atoms with E-state index in [1.807, 2.05) is 19.1 Å². The molecule has 1 aliphatic heterocycles. The molecular formula is C23H32ClN3O6S. The highest BCUT2D eigenvalue weighted by atomic mass is 35.5. The standard InChI is InChI=1S/C23H31N3O6S.ClH/c1-16-4-10-21(20-9-11-22(28)25-23(16)20)32-15-18(27)14-24-12-3-13-31-19-7-5-17(6-8-19)26-33(2,29)30;/h4-8,10,18,24,26-27H,3,9,11-15H2,1-2H3,(H,25,28);1H. The highest BCUT2D eigenvalue weighted by molar-refractivity contribution is 7.92. The van der Waals surface area contributed by atoms with Crippen LogP contribution in [0.5, 0.6) is 11.5 Å². The van der Waals surface area contributed by atoms with E-state index in [1.54, 1.807) is 24.3 Å². The molecule has 1 aliphatic rings. The minimum atomic E-state index is -3.30. The molecule has 3 rings (SSSR count). The third kappa shape index (κ3) is 8.68. The Morgan fingerprint density at radius 1 is 1.12 bits per heavy atom. The van der Waals surface area contributed by atoms with Crippen LogP contribution in [0.2, 0.25) is 0 Å². The number of carbonyl (C=O) groups excluding carboxylic acids is 1. The van der Waals surface area contributed by atoms with Crippen LogP contribution in [0.25, 0.3) is 0 Å². The number of anilines is 2. The van der Waals surface area contributed by atoms with Crippen LogP contribution in [0.3, 0.4) is 0 Å². The maximum Gasteiger partial charge on any atom is 0.229 e. The molecule has 1 amide bonds. The molecule has 1 heterocycles. The summed E-state index contributed by atoms with van der Waals surface area (Å²) in [6, 6.07) is 10.5. The molecule has 0 saturated heterocycles. The van der Waals surface area contributed by atoms with Crippen molar-refractivity contribution in [2.75, 3.05) is 42.6 Å². The lowest BCUT2D eigenvalue weighted by Gasteiger charge is -2.23. The van der Waals surface area contributed by atoms with Gasteiger partial charge in [0.1, 0.15) is 24.2 Å². The van der Waals surface area contributed by atoms with Crippen molar-refractivity contribution in [3.05, 3.63) is 47.5 Å². The summed E-state index contributed by atoms with van der Waals surface area (Å²) in [6.45, 7) is 3.63. The Kier molecular flexibility index (Phi) is 10.4. The summed E-state index contributed by atoms with van der Waals surface area (Å²) in [5.74, 6) is 1.36. The summed E-state index contributed by atoms with van der Waals surface area (Å²) < 4.78 is 36.3. The van der Waals surface area contributed by atoms with Gasteiger partial charge < -0.3 is 25.2 Å². The fraction of sp³-hybridized carbons (Fsp3) is 0.435. The van der Waals surface area contributed by atoms with E-state index < -0.39 is 16.1 Å². The number of halogens is 1. The summed E-state index contributed by atoms with van der Waals surface area (Å²) in [6.07, 6.45) is 2.23. The number of sulfonamides is 1. The lowest BCUT2D eigenvalue weighted by atomic mass is 9.98. The number of nitrogens with one attached hydrogen (secondary N) is 3. The molecule has 0 spiro atoms. The Bertz CT molecular complexity index is 1060. The van der Waals surface area contributed by atoms with Crippen LogP contribution in [-0.4, -0.2) is 58.1 Å². The number of benzene rings is 2. The fourth-order valence-electron chi connectivity index (χ4n) is 3.48. The molecule has 2 aromatic rings. The van der Waals surface area contributed by atoms with Crippen molar-refractivity contribution in [3.8, 4) is 11.5 Å². The quantitative estimate of drug-likeness (QED) is 0.321. The van der Waals surface area contributed by atoms with Crippen molar-refractivity contribution >= 4 is 39.7 Å². The van der Waals surface area contributed by atoms with Crippen molar-refractivity contribution < 1.29 is 27.8 Å². The minimum Gasteiger partial charge on any atom is -0.494 e. The van der Waals surface area contributed by atoms with E-state index in [2.05, 4.69) is 15.4 Å². The molecule has 0 aliphatic carbocycles. The molecule has 0 radical (unpaired) electrons. The molecule has 0 saturated carbocycles. The van der Waals surface area contributed by atoms with Crippen LogP contribution in [0.15, 0.2) is 36.4 Å². The van der Waals surface area contributed by atoms with Gasteiger partial charge in [-0.3, -0.25) is 9.52 Å². The van der Waals surface area contributed by atoms with Crippen molar-refractivity contribution in [1.82, 2.24) is 5.32 Å². The van der Waals surface area contributed by atoms with Gasteiger partial charge in [0.2, 0.25) is 15.9 Å². The van der Waals surface area contributed by atoms with E-state index >= 15 is 0 Å². The average molecular weight is 514 g/mol. The largest absolute Gasteiger partial charge is 0.494 e. The lowest BCUT2D eigenvalue weighted by Crippen LogP contribution is -2.32. The van der Waals surface area contributed by atoms with Gasteiger partial charge in [-0.2, -0.15) is 0 Å². The van der Waals surface area contributed by atoms with Gasteiger partial charge >= 0.3 is 0 Å². The van der Waals surface area contributed by atoms with Gasteiger partial charge in [-0.15, -0.1) is 12.4 Å². The van der Waals surface area contributed by atoms with Crippen LogP contribution >= 0.6 is 12.4 Å². The second-order valence-electron chi connectivity index (χ2n) is 8.05. The first kappa shape index (κ1) is 27.7. The van der Waals surface area contributed by atoms with Crippen LogP contribution in [-0.2, 0) is 21.2 Å². The average Bonchev–Trinajstić information content (AvgIpc) is 2.76. The van der Waals surface area contributed by atoms with Crippen molar-refractivity contribution in [3.63, 3.8) is 0 Å². The zero-order valence-electron chi connectivity index (χ0n) is 19.3. The van der Waals surface area contributed by atoms with Crippen LogP contribution in [0.1, 0.15) is 24.0 Å². The number of amides is 1. The van der Waals surface area contributed by atoms with Gasteiger partial charge in [-0.05, 0) is 62.2 Å². The molecule has 0 fully saturated rings. The van der Waals surface area contributed by atoms with E-state index in [9.17, 15) is 18.3 Å². The Balaban J connectivity index is 0.00000408. The highest BCUT2D eigenvalue weighted by Crippen LogP contribution is 2.34. The summed E-state index contributed by atoms with van der Waals surface area (Å²) >= 11 is 0. The molecule has 0 bridgehead atoms. The number of aliphatic hydroxyl groups is 1. The predicted molar refractivity (Wildman–Crippen MR) is 135 cm³/mol. The summed E-state index contributed by atoms with van der Waals surface area (Å²) in [5, 5.41) is 16.3.